The average Bonchev–Trinajstić information content (AvgIpc) is 2.73. The lowest BCUT2D eigenvalue weighted by atomic mass is 10.1. The largest absolute Gasteiger partial charge is 0.469 e. The van der Waals surface area contributed by atoms with Gasteiger partial charge in [0.15, 0.2) is 0 Å². The van der Waals surface area contributed by atoms with Crippen LogP contribution in [0.3, 0.4) is 0 Å². The molecule has 1 atom stereocenters. The summed E-state index contributed by atoms with van der Waals surface area (Å²) in [5, 5.41) is 2.61. The van der Waals surface area contributed by atoms with Gasteiger partial charge in [-0.1, -0.05) is 34.9 Å². The minimum absolute atomic E-state index is 0.0305. The minimum Gasteiger partial charge on any atom is -0.469 e. The molecule has 8 heteroatoms. The molecular weight excluding hydrogens is 414 g/mol. The zero-order valence-corrected chi connectivity index (χ0v) is 20.4. The van der Waals surface area contributed by atoms with E-state index >= 15 is 0 Å². The van der Waals surface area contributed by atoms with E-state index in [1.165, 1.54) is 35.6 Å². The van der Waals surface area contributed by atoms with E-state index in [1.807, 2.05) is 0 Å². The van der Waals surface area contributed by atoms with Gasteiger partial charge in [0, 0.05) is 17.9 Å². The van der Waals surface area contributed by atoms with Gasteiger partial charge >= 0.3 is 5.97 Å². The Hall–Kier alpha value is -2.06. The number of allylic oxidation sites excluding steroid dienone is 5. The Morgan fingerprint density at radius 3 is 2.13 bits per heavy atom. The van der Waals surface area contributed by atoms with Crippen LogP contribution in [-0.2, 0) is 19.1 Å². The van der Waals surface area contributed by atoms with Gasteiger partial charge in [0.05, 0.1) is 13.5 Å². The van der Waals surface area contributed by atoms with Crippen molar-refractivity contribution >= 4 is 29.5 Å². The number of amides is 2. The summed E-state index contributed by atoms with van der Waals surface area (Å²) in [6.07, 6.45) is 10.8. The summed E-state index contributed by atoms with van der Waals surface area (Å²) in [7, 11) is 1.26. The quantitative estimate of drug-likeness (QED) is 0.0873. The Kier molecular flexibility index (Phi) is 16.4. The molecule has 0 aliphatic heterocycles. The molecule has 0 saturated carbocycles. The molecule has 0 bridgehead atoms. The zero-order chi connectivity index (χ0) is 23.6. The number of carbonyl (C=O) groups is 3. The molecule has 2 amide bonds. The van der Waals surface area contributed by atoms with Gasteiger partial charge in [0.25, 0.3) is 5.91 Å². The number of nitrogens with two attached hydrogens (primary N) is 1. The van der Waals surface area contributed by atoms with Crippen molar-refractivity contribution < 1.29 is 19.1 Å². The third kappa shape index (κ3) is 16.3. The zero-order valence-electron chi connectivity index (χ0n) is 19.6. The number of ether oxygens (including phenoxy) is 1. The molecule has 0 radical (unpaired) electrons. The number of hydrogen-bond donors (Lipinski definition) is 3. The molecule has 0 aliphatic carbocycles. The topological polar surface area (TPSA) is 111 Å². The van der Waals surface area contributed by atoms with Crippen LogP contribution < -0.4 is 16.6 Å². The van der Waals surface area contributed by atoms with Gasteiger partial charge < -0.3 is 10.1 Å². The maximum atomic E-state index is 11.9. The third-order valence-electron chi connectivity index (χ3n) is 4.53. The first-order valence-electron chi connectivity index (χ1n) is 10.6. The monoisotopic (exact) mass is 453 g/mol. The number of esters is 1. The Balaban J connectivity index is 4.34. The second-order valence-electron chi connectivity index (χ2n) is 7.70. The molecule has 0 unspecified atom stereocenters. The number of thioether (sulfide) groups is 1. The Labute approximate surface area is 191 Å². The highest BCUT2D eigenvalue weighted by atomic mass is 32.2. The molecule has 0 aromatic heterocycles. The maximum absolute atomic E-state index is 11.9. The summed E-state index contributed by atoms with van der Waals surface area (Å²) in [6.45, 7) is 8.52. The van der Waals surface area contributed by atoms with Crippen LogP contribution >= 0.6 is 11.8 Å². The van der Waals surface area contributed by atoms with E-state index in [4.69, 9.17) is 5.84 Å². The van der Waals surface area contributed by atoms with Gasteiger partial charge in [-0.3, -0.25) is 19.8 Å². The van der Waals surface area contributed by atoms with Crippen LogP contribution in [0.1, 0.15) is 66.2 Å². The van der Waals surface area contributed by atoms with E-state index in [2.05, 4.69) is 61.4 Å². The summed E-state index contributed by atoms with van der Waals surface area (Å²) in [6, 6.07) is -0.750. The Morgan fingerprint density at radius 1 is 0.935 bits per heavy atom. The van der Waals surface area contributed by atoms with Crippen LogP contribution in [0.4, 0.5) is 0 Å². The summed E-state index contributed by atoms with van der Waals surface area (Å²) in [4.78, 5) is 35.0. The van der Waals surface area contributed by atoms with E-state index in [1.54, 1.807) is 0 Å². The SMILES string of the molecule is COC(=O)CCC(=O)N[C@@H](CSCC=C(C)CCC=C(C)CCC=C(C)C)C(=O)NN. The summed E-state index contributed by atoms with van der Waals surface area (Å²) in [5.41, 5.74) is 6.14. The van der Waals surface area contributed by atoms with Gasteiger partial charge in [-0.25, -0.2) is 5.84 Å². The maximum Gasteiger partial charge on any atom is 0.306 e. The normalized spacial score (nSPS) is 12.7. The van der Waals surface area contributed by atoms with E-state index in [-0.39, 0.29) is 12.8 Å². The predicted octanol–water partition coefficient (Wildman–Crippen LogP) is 3.57. The molecule has 31 heavy (non-hydrogen) atoms. The van der Waals surface area contributed by atoms with Gasteiger partial charge in [-0.2, -0.15) is 11.8 Å². The lowest BCUT2D eigenvalue weighted by Gasteiger charge is -2.16. The molecule has 176 valence electrons. The van der Waals surface area contributed by atoms with Crippen molar-refractivity contribution in [1.29, 1.82) is 0 Å². The molecule has 0 aromatic carbocycles. The van der Waals surface area contributed by atoms with E-state index in [0.29, 0.717) is 5.75 Å². The lowest BCUT2D eigenvalue weighted by molar-refractivity contribution is -0.142. The number of rotatable bonds is 15. The molecule has 0 fully saturated rings. The van der Waals surface area contributed by atoms with Gasteiger partial charge in [-0.05, 0) is 53.4 Å². The van der Waals surface area contributed by atoms with Crippen LogP contribution in [0.25, 0.3) is 0 Å². The second kappa shape index (κ2) is 17.6. The van der Waals surface area contributed by atoms with E-state index in [9.17, 15) is 14.4 Å². The van der Waals surface area contributed by atoms with Crippen LogP contribution in [0.2, 0.25) is 0 Å². The first kappa shape index (κ1) is 28.9. The predicted molar refractivity (Wildman–Crippen MR) is 128 cm³/mol. The lowest BCUT2D eigenvalue weighted by Crippen LogP contribution is -2.50. The molecule has 7 nitrogen and oxygen atoms in total. The highest BCUT2D eigenvalue weighted by Crippen LogP contribution is 2.13. The molecule has 0 aliphatic rings. The van der Waals surface area contributed by atoms with Crippen molar-refractivity contribution in [3.8, 4) is 0 Å². The van der Waals surface area contributed by atoms with E-state index in [0.717, 1.165) is 31.4 Å². The molecule has 0 aromatic rings. The fourth-order valence-corrected chi connectivity index (χ4v) is 3.60. The number of hydrazine groups is 1. The number of methoxy groups -OCH3 is 1. The van der Waals surface area contributed by atoms with Crippen LogP contribution in [0.5, 0.6) is 0 Å². The summed E-state index contributed by atoms with van der Waals surface area (Å²) >= 11 is 1.54. The van der Waals surface area contributed by atoms with Crippen molar-refractivity contribution in [3.63, 3.8) is 0 Å². The van der Waals surface area contributed by atoms with Gasteiger partial charge in [-0.15, -0.1) is 0 Å². The second-order valence-corrected chi connectivity index (χ2v) is 8.78. The van der Waals surface area contributed by atoms with Crippen LogP contribution in [-0.4, -0.2) is 42.4 Å². The first-order valence-corrected chi connectivity index (χ1v) is 11.7. The molecule has 0 rings (SSSR count). The standard InChI is InChI=1S/C23H39N3O4S/c1-17(2)8-6-9-18(3)10-7-11-19(4)14-15-31-16-20(23(29)26-24)25-21(27)12-13-22(28)30-5/h8,10,14,20H,6-7,9,11-13,15-16,24H2,1-5H3,(H,25,27)(H,26,29)/t20-/m0/s1. The van der Waals surface area contributed by atoms with Crippen molar-refractivity contribution in [2.45, 2.75) is 72.3 Å². The minimum atomic E-state index is -0.750. The number of hydrogen-bond acceptors (Lipinski definition) is 6. The molecule has 0 spiro atoms. The van der Waals surface area contributed by atoms with Crippen molar-refractivity contribution in [2.24, 2.45) is 5.84 Å². The average molecular weight is 454 g/mol. The Morgan fingerprint density at radius 2 is 1.55 bits per heavy atom. The van der Waals surface area contributed by atoms with E-state index < -0.39 is 23.8 Å². The first-order chi connectivity index (χ1) is 14.7. The van der Waals surface area contributed by atoms with Gasteiger partial charge in [0.2, 0.25) is 5.91 Å². The fraction of sp³-hybridized carbons (Fsp3) is 0.609. The fourth-order valence-electron chi connectivity index (χ4n) is 2.59. The smallest absolute Gasteiger partial charge is 0.306 e. The number of carbonyl (C=O) groups excluding carboxylic acids is 3. The molecule has 4 N–H and O–H groups in total. The Bertz CT molecular complexity index is 668. The van der Waals surface area contributed by atoms with Gasteiger partial charge in [0.1, 0.15) is 6.04 Å². The van der Waals surface area contributed by atoms with Crippen LogP contribution in [0.15, 0.2) is 34.9 Å². The summed E-state index contributed by atoms with van der Waals surface area (Å²) < 4.78 is 4.51. The molecular formula is C23H39N3O4S. The van der Waals surface area contributed by atoms with Crippen molar-refractivity contribution in [1.82, 2.24) is 10.7 Å². The summed E-state index contributed by atoms with van der Waals surface area (Å²) in [5.74, 6) is 5.02. The molecule has 0 heterocycles. The highest BCUT2D eigenvalue weighted by molar-refractivity contribution is 7.99. The molecule has 0 saturated heterocycles. The van der Waals surface area contributed by atoms with Crippen LogP contribution in [0, 0.1) is 0 Å². The third-order valence-corrected chi connectivity index (χ3v) is 5.51. The van der Waals surface area contributed by atoms with Crippen molar-refractivity contribution in [2.75, 3.05) is 18.6 Å². The highest BCUT2D eigenvalue weighted by Gasteiger charge is 2.20. The number of nitrogens with one attached hydrogen (secondary N) is 2. The van der Waals surface area contributed by atoms with Crippen molar-refractivity contribution in [3.05, 3.63) is 34.9 Å².